The first-order valence-electron chi connectivity index (χ1n) is 14.1. The molecule has 1 atom stereocenters. The van der Waals surface area contributed by atoms with E-state index in [1.807, 2.05) is 30.3 Å². The van der Waals surface area contributed by atoms with Crippen LogP contribution in [0.2, 0.25) is 0 Å². The molecule has 0 spiro atoms. The minimum atomic E-state index is -0.815. The van der Waals surface area contributed by atoms with Gasteiger partial charge in [0, 0.05) is 29.5 Å². The van der Waals surface area contributed by atoms with Crippen LogP contribution in [0.25, 0.3) is 23.0 Å². The highest BCUT2D eigenvalue weighted by atomic mass is 32.1. The normalized spacial score (nSPS) is 14.4. The Bertz CT molecular complexity index is 2200. The first-order valence-corrected chi connectivity index (χ1v) is 14.9. The Kier molecular flexibility index (Phi) is 8.27. The number of hydrogen-bond acceptors (Lipinski definition) is 9. The number of carbonyl (C=O) groups excluding carboxylic acids is 1. The van der Waals surface area contributed by atoms with E-state index >= 15 is 0 Å². The van der Waals surface area contributed by atoms with Gasteiger partial charge in [-0.2, -0.15) is 5.10 Å². The van der Waals surface area contributed by atoms with E-state index in [1.54, 1.807) is 67.4 Å². The number of nitro groups is 1. The van der Waals surface area contributed by atoms with Gasteiger partial charge in [0.25, 0.3) is 11.2 Å². The maximum Gasteiger partial charge on any atom is 0.338 e. The van der Waals surface area contributed by atoms with Crippen molar-refractivity contribution >= 4 is 29.1 Å². The Balaban J connectivity index is 1.55. The fourth-order valence-corrected chi connectivity index (χ4v) is 6.27. The highest BCUT2D eigenvalue weighted by Gasteiger charge is 2.33. The number of carbonyl (C=O) groups is 1. The molecule has 0 aliphatic carbocycles. The van der Waals surface area contributed by atoms with E-state index in [9.17, 15) is 19.7 Å². The number of esters is 1. The molecule has 0 unspecified atom stereocenters. The van der Waals surface area contributed by atoms with Gasteiger partial charge in [-0.15, -0.1) is 0 Å². The van der Waals surface area contributed by atoms with E-state index in [0.29, 0.717) is 43.2 Å². The third-order valence-corrected chi connectivity index (χ3v) is 8.37. The van der Waals surface area contributed by atoms with Gasteiger partial charge < -0.3 is 9.47 Å². The van der Waals surface area contributed by atoms with Crippen molar-refractivity contribution in [3.63, 3.8) is 0 Å². The van der Waals surface area contributed by atoms with E-state index in [4.69, 9.17) is 14.6 Å². The first kappa shape index (κ1) is 30.2. The highest BCUT2D eigenvalue weighted by Crippen LogP contribution is 2.32. The fraction of sp³-hybridized carbons (Fsp3) is 0.118. The van der Waals surface area contributed by atoms with Crippen LogP contribution in [-0.4, -0.2) is 39.0 Å². The van der Waals surface area contributed by atoms with Crippen molar-refractivity contribution in [2.75, 3.05) is 13.7 Å². The SMILES string of the molecule is C=CCOC(=O)C1=C(C)N=c2s/c(=C/c3cn(-c4ccccc4)nc3-c3cccc([N+](=O)[O-])c3)c(=O)n2[C@H]1c1ccc(OC)cc1. The van der Waals surface area contributed by atoms with Crippen molar-refractivity contribution < 1.29 is 19.2 Å². The molecule has 0 fully saturated rings. The van der Waals surface area contributed by atoms with Crippen LogP contribution in [0, 0.1) is 10.1 Å². The lowest BCUT2D eigenvalue weighted by Gasteiger charge is -2.24. The summed E-state index contributed by atoms with van der Waals surface area (Å²) in [5, 5.41) is 16.3. The van der Waals surface area contributed by atoms with E-state index in [1.165, 1.54) is 34.1 Å². The number of nitro benzene ring substituents is 1. The molecule has 46 heavy (non-hydrogen) atoms. The molecule has 0 saturated heterocycles. The lowest BCUT2D eigenvalue weighted by molar-refractivity contribution is -0.384. The van der Waals surface area contributed by atoms with Gasteiger partial charge >= 0.3 is 5.97 Å². The number of allylic oxidation sites excluding steroid dienone is 1. The van der Waals surface area contributed by atoms with Crippen LogP contribution < -0.4 is 19.6 Å². The summed E-state index contributed by atoms with van der Waals surface area (Å²) < 4.78 is 14.2. The number of benzene rings is 3. The average molecular weight is 634 g/mol. The number of thiazole rings is 1. The molecule has 6 rings (SSSR count). The van der Waals surface area contributed by atoms with E-state index in [2.05, 4.69) is 11.6 Å². The Hall–Kier alpha value is -5.88. The standard InChI is InChI=1S/C34H27N5O6S/c1-4-17-45-33(41)29-21(2)35-34-38(31(29)22-13-15-27(44-3)16-14-22)32(40)28(46-34)19-24-20-37(25-10-6-5-7-11-25)36-30(24)23-9-8-12-26(18-23)39(42)43/h4-16,18-20,31H,1,17H2,2-3H3/b28-19+/t31-/m0/s1. The zero-order valence-corrected chi connectivity index (χ0v) is 25.6. The number of ether oxygens (including phenoxy) is 2. The van der Waals surface area contributed by atoms with Crippen molar-refractivity contribution in [2.45, 2.75) is 13.0 Å². The molecule has 0 bridgehead atoms. The summed E-state index contributed by atoms with van der Waals surface area (Å²) in [5.41, 5.74) is 3.19. The second-order valence-electron chi connectivity index (χ2n) is 10.3. The number of hydrogen-bond donors (Lipinski definition) is 0. The summed E-state index contributed by atoms with van der Waals surface area (Å²) in [6.45, 7) is 5.33. The molecule has 1 aliphatic heterocycles. The van der Waals surface area contributed by atoms with Crippen molar-refractivity contribution in [3.8, 4) is 22.7 Å². The van der Waals surface area contributed by atoms with E-state index < -0.39 is 16.9 Å². The third kappa shape index (κ3) is 5.69. The number of aromatic nitrogens is 3. The summed E-state index contributed by atoms with van der Waals surface area (Å²) in [6, 6.07) is 21.9. The number of rotatable bonds is 9. The van der Waals surface area contributed by atoms with Gasteiger partial charge in [0.1, 0.15) is 18.1 Å². The van der Waals surface area contributed by atoms with Crippen LogP contribution in [0.15, 0.2) is 119 Å². The van der Waals surface area contributed by atoms with Crippen LogP contribution in [0.5, 0.6) is 5.75 Å². The average Bonchev–Trinajstić information content (AvgIpc) is 3.64. The number of methoxy groups -OCH3 is 1. The Morgan fingerprint density at radius 3 is 2.57 bits per heavy atom. The lowest BCUT2D eigenvalue weighted by Crippen LogP contribution is -2.39. The zero-order valence-electron chi connectivity index (χ0n) is 24.8. The second kappa shape index (κ2) is 12.6. The predicted octanol–water partition coefficient (Wildman–Crippen LogP) is 4.73. The van der Waals surface area contributed by atoms with Gasteiger partial charge in [0.05, 0.1) is 39.6 Å². The molecule has 5 aromatic rings. The largest absolute Gasteiger partial charge is 0.497 e. The van der Waals surface area contributed by atoms with Crippen LogP contribution in [0.1, 0.15) is 24.1 Å². The molecule has 2 aromatic heterocycles. The van der Waals surface area contributed by atoms with Crippen LogP contribution in [-0.2, 0) is 9.53 Å². The van der Waals surface area contributed by atoms with Crippen LogP contribution in [0.3, 0.4) is 0 Å². The van der Waals surface area contributed by atoms with Gasteiger partial charge in [0.15, 0.2) is 4.80 Å². The zero-order chi connectivity index (χ0) is 32.4. The minimum absolute atomic E-state index is 0.00119. The number of fused-ring (bicyclic) bond motifs is 1. The minimum Gasteiger partial charge on any atom is -0.497 e. The van der Waals surface area contributed by atoms with E-state index in [0.717, 1.165) is 5.69 Å². The molecule has 0 N–H and O–H groups in total. The molecular formula is C34H27N5O6S. The summed E-state index contributed by atoms with van der Waals surface area (Å²) in [6.07, 6.45) is 4.94. The monoisotopic (exact) mass is 633 g/mol. The fourth-order valence-electron chi connectivity index (χ4n) is 5.23. The molecule has 12 heteroatoms. The maximum absolute atomic E-state index is 14.2. The van der Waals surface area contributed by atoms with Gasteiger partial charge in [-0.05, 0) is 42.8 Å². The van der Waals surface area contributed by atoms with Crippen molar-refractivity contribution in [2.24, 2.45) is 4.99 Å². The molecule has 0 radical (unpaired) electrons. The van der Waals surface area contributed by atoms with Gasteiger partial charge in [-0.1, -0.05) is 66.5 Å². The summed E-state index contributed by atoms with van der Waals surface area (Å²) >= 11 is 1.17. The molecule has 0 saturated carbocycles. The Morgan fingerprint density at radius 1 is 1.11 bits per heavy atom. The topological polar surface area (TPSA) is 131 Å². The quantitative estimate of drug-likeness (QED) is 0.0993. The number of nitrogens with zero attached hydrogens (tertiary/aromatic N) is 5. The third-order valence-electron chi connectivity index (χ3n) is 7.39. The van der Waals surface area contributed by atoms with Crippen LogP contribution >= 0.6 is 11.3 Å². The Labute approximate surface area is 266 Å². The Morgan fingerprint density at radius 2 is 1.87 bits per heavy atom. The summed E-state index contributed by atoms with van der Waals surface area (Å²) in [5.74, 6) is 0.0186. The van der Waals surface area contributed by atoms with E-state index in [-0.39, 0.29) is 23.4 Å². The molecule has 230 valence electrons. The van der Waals surface area contributed by atoms with Crippen molar-refractivity contribution in [1.29, 1.82) is 0 Å². The molecule has 3 heterocycles. The molecule has 3 aromatic carbocycles. The lowest BCUT2D eigenvalue weighted by atomic mass is 9.96. The molecule has 11 nitrogen and oxygen atoms in total. The van der Waals surface area contributed by atoms with Crippen LogP contribution in [0.4, 0.5) is 5.69 Å². The second-order valence-corrected chi connectivity index (χ2v) is 11.3. The van der Waals surface area contributed by atoms with Crippen molar-refractivity contribution in [3.05, 3.63) is 150 Å². The summed E-state index contributed by atoms with van der Waals surface area (Å²) in [7, 11) is 1.56. The van der Waals surface area contributed by atoms with Crippen molar-refractivity contribution in [1.82, 2.24) is 14.3 Å². The molecular weight excluding hydrogens is 606 g/mol. The first-order chi connectivity index (χ1) is 22.3. The van der Waals surface area contributed by atoms with Gasteiger partial charge in [0.2, 0.25) is 0 Å². The predicted molar refractivity (Wildman–Crippen MR) is 174 cm³/mol. The number of non-ortho nitro benzene ring substituents is 1. The van der Waals surface area contributed by atoms with Gasteiger partial charge in [-0.25, -0.2) is 14.5 Å². The maximum atomic E-state index is 14.2. The van der Waals surface area contributed by atoms with Gasteiger partial charge in [-0.3, -0.25) is 19.5 Å². The summed E-state index contributed by atoms with van der Waals surface area (Å²) in [4.78, 5) is 43.7. The smallest absolute Gasteiger partial charge is 0.338 e. The number of para-hydroxylation sites is 1. The molecule has 0 amide bonds. The molecule has 1 aliphatic rings. The highest BCUT2D eigenvalue weighted by molar-refractivity contribution is 7.07.